The molecule has 1 aliphatic rings. The normalized spacial score (nSPS) is 18.5. The predicted molar refractivity (Wildman–Crippen MR) is 84.1 cm³/mol. The van der Waals surface area contributed by atoms with Crippen molar-refractivity contribution in [2.75, 3.05) is 0 Å². The van der Waals surface area contributed by atoms with Crippen molar-refractivity contribution in [3.8, 4) is 5.75 Å². The Morgan fingerprint density at radius 3 is 2.60 bits per heavy atom. The van der Waals surface area contributed by atoms with Crippen LogP contribution < -0.4 is 4.74 Å². The lowest BCUT2D eigenvalue weighted by atomic mass is 9.99. The van der Waals surface area contributed by atoms with Crippen molar-refractivity contribution in [1.29, 1.82) is 0 Å². The second-order valence-electron chi connectivity index (χ2n) is 5.33. The van der Waals surface area contributed by atoms with E-state index in [2.05, 4.69) is 26.0 Å². The number of hydrogen-bond donors (Lipinski definition) is 0. The van der Waals surface area contributed by atoms with Crippen LogP contribution in [0.3, 0.4) is 0 Å². The van der Waals surface area contributed by atoms with Gasteiger partial charge in [-0.2, -0.15) is 0 Å². The number of ether oxygens (including phenoxy) is 1. The van der Waals surface area contributed by atoms with Crippen LogP contribution in [0.4, 0.5) is 0 Å². The number of rotatable bonds is 2. The zero-order valence-corrected chi connectivity index (χ0v) is 13.0. The average molecular weight is 307 g/mol. The molecule has 2 unspecified atom stereocenters. The first kappa shape index (κ1) is 13.8. The molecule has 3 heteroatoms. The van der Waals surface area contributed by atoms with Crippen LogP contribution >= 0.6 is 23.2 Å². The molecule has 2 aromatic rings. The minimum absolute atomic E-state index is 0.0614. The summed E-state index contributed by atoms with van der Waals surface area (Å²) in [6, 6.07) is 12.1. The lowest BCUT2D eigenvalue weighted by Crippen LogP contribution is -2.19. The summed E-state index contributed by atoms with van der Waals surface area (Å²) in [6.07, 6.45) is 0.766. The highest BCUT2D eigenvalue weighted by Gasteiger charge is 2.31. The number of hydrogen-bond acceptors (Lipinski definition) is 1. The highest BCUT2D eigenvalue weighted by molar-refractivity contribution is 6.33. The third kappa shape index (κ3) is 2.41. The van der Waals surface area contributed by atoms with Crippen LogP contribution in [0.1, 0.15) is 27.6 Å². The molecule has 0 saturated heterocycles. The summed E-state index contributed by atoms with van der Waals surface area (Å²) in [5.74, 6) is 0.933. The quantitative estimate of drug-likeness (QED) is 0.689. The van der Waals surface area contributed by atoms with Gasteiger partial charge in [-0.15, -0.1) is 11.6 Å². The standard InChI is InChI=1S/C17H16Cl2O/c1-10-7-13(14(18)8-11(10)2)17(19)16-9-12-5-3-4-6-15(12)20-16/h3-8,16-17H,9H2,1-2H3. The van der Waals surface area contributed by atoms with Crippen LogP contribution in [-0.4, -0.2) is 6.10 Å². The maximum atomic E-state index is 6.62. The number of fused-ring (bicyclic) bond motifs is 1. The van der Waals surface area contributed by atoms with E-state index in [-0.39, 0.29) is 11.5 Å². The minimum atomic E-state index is -0.241. The molecule has 1 aliphatic heterocycles. The van der Waals surface area contributed by atoms with Gasteiger partial charge in [-0.25, -0.2) is 0 Å². The monoisotopic (exact) mass is 306 g/mol. The van der Waals surface area contributed by atoms with E-state index in [9.17, 15) is 0 Å². The molecule has 1 heterocycles. The molecular formula is C17H16Cl2O. The Hall–Kier alpha value is -1.18. The molecule has 3 rings (SSSR count). The van der Waals surface area contributed by atoms with Crippen LogP contribution in [-0.2, 0) is 6.42 Å². The third-order valence-electron chi connectivity index (χ3n) is 3.91. The van der Waals surface area contributed by atoms with Crippen molar-refractivity contribution in [2.24, 2.45) is 0 Å². The number of para-hydroxylation sites is 1. The molecule has 2 aromatic carbocycles. The molecule has 104 valence electrons. The fourth-order valence-electron chi connectivity index (χ4n) is 2.59. The van der Waals surface area contributed by atoms with E-state index >= 15 is 0 Å². The van der Waals surface area contributed by atoms with Gasteiger partial charge in [0.25, 0.3) is 0 Å². The van der Waals surface area contributed by atoms with E-state index in [1.54, 1.807) is 0 Å². The van der Waals surface area contributed by atoms with E-state index in [1.165, 1.54) is 16.7 Å². The van der Waals surface area contributed by atoms with E-state index in [4.69, 9.17) is 27.9 Å². The van der Waals surface area contributed by atoms with Crippen LogP contribution in [0.15, 0.2) is 36.4 Å². The Morgan fingerprint density at radius 2 is 1.85 bits per heavy atom. The molecule has 0 bridgehead atoms. The molecular weight excluding hydrogens is 291 g/mol. The first-order valence-electron chi connectivity index (χ1n) is 6.71. The topological polar surface area (TPSA) is 9.23 Å². The summed E-state index contributed by atoms with van der Waals surface area (Å²) in [6.45, 7) is 4.12. The highest BCUT2D eigenvalue weighted by atomic mass is 35.5. The van der Waals surface area contributed by atoms with Crippen LogP contribution in [0.5, 0.6) is 5.75 Å². The lowest BCUT2D eigenvalue weighted by Gasteiger charge is -2.20. The van der Waals surface area contributed by atoms with E-state index in [0.717, 1.165) is 17.7 Å². The number of benzene rings is 2. The van der Waals surface area contributed by atoms with Gasteiger partial charge in [0.2, 0.25) is 0 Å². The molecule has 0 spiro atoms. The van der Waals surface area contributed by atoms with Crippen molar-refractivity contribution < 1.29 is 4.74 Å². The Labute approximate surface area is 129 Å². The second kappa shape index (κ2) is 5.31. The molecule has 1 nitrogen and oxygen atoms in total. The molecule has 0 aromatic heterocycles. The first-order chi connectivity index (χ1) is 9.56. The summed E-state index contributed by atoms with van der Waals surface area (Å²) >= 11 is 13.0. The lowest BCUT2D eigenvalue weighted by molar-refractivity contribution is 0.227. The van der Waals surface area contributed by atoms with E-state index < -0.39 is 0 Å². The third-order valence-corrected chi connectivity index (χ3v) is 4.75. The van der Waals surface area contributed by atoms with Gasteiger partial charge in [-0.1, -0.05) is 35.9 Å². The fraction of sp³-hybridized carbons (Fsp3) is 0.294. The molecule has 0 aliphatic carbocycles. The van der Waals surface area contributed by atoms with Gasteiger partial charge in [0.1, 0.15) is 11.9 Å². The number of halogens is 2. The van der Waals surface area contributed by atoms with Crippen LogP contribution in [0.25, 0.3) is 0 Å². The summed E-state index contributed by atoms with van der Waals surface area (Å²) in [7, 11) is 0. The van der Waals surface area contributed by atoms with Gasteiger partial charge in [-0.05, 0) is 48.2 Å². The first-order valence-corrected chi connectivity index (χ1v) is 7.53. The maximum absolute atomic E-state index is 6.62. The highest BCUT2D eigenvalue weighted by Crippen LogP contribution is 2.40. The Morgan fingerprint density at radius 1 is 1.15 bits per heavy atom. The molecule has 0 N–H and O–H groups in total. The van der Waals surface area contributed by atoms with Crippen molar-refractivity contribution >= 4 is 23.2 Å². The molecule has 0 saturated carbocycles. The molecule has 20 heavy (non-hydrogen) atoms. The van der Waals surface area contributed by atoms with Crippen molar-refractivity contribution in [2.45, 2.75) is 31.7 Å². The largest absolute Gasteiger partial charge is 0.488 e. The van der Waals surface area contributed by atoms with Gasteiger partial charge in [-0.3, -0.25) is 0 Å². The Kier molecular flexibility index (Phi) is 3.66. The van der Waals surface area contributed by atoms with Gasteiger partial charge >= 0.3 is 0 Å². The summed E-state index contributed by atoms with van der Waals surface area (Å²) < 4.78 is 5.96. The summed E-state index contributed by atoms with van der Waals surface area (Å²) in [5, 5.41) is 0.474. The van der Waals surface area contributed by atoms with Crippen LogP contribution in [0.2, 0.25) is 5.02 Å². The zero-order chi connectivity index (χ0) is 14.3. The molecule has 0 fully saturated rings. The van der Waals surface area contributed by atoms with E-state index in [1.807, 2.05) is 24.3 Å². The molecule has 0 radical (unpaired) electrons. The Bertz CT molecular complexity index is 626. The van der Waals surface area contributed by atoms with Gasteiger partial charge in [0.05, 0.1) is 5.38 Å². The van der Waals surface area contributed by atoms with Gasteiger partial charge < -0.3 is 4.74 Å². The van der Waals surface area contributed by atoms with Crippen molar-refractivity contribution in [3.63, 3.8) is 0 Å². The van der Waals surface area contributed by atoms with Gasteiger partial charge in [0.15, 0.2) is 0 Å². The maximum Gasteiger partial charge on any atom is 0.123 e. The SMILES string of the molecule is Cc1cc(Cl)c(C(Cl)C2Cc3ccccc3O2)cc1C. The predicted octanol–water partition coefficient (Wildman–Crippen LogP) is 5.24. The number of aryl methyl sites for hydroxylation is 2. The fourth-order valence-corrected chi connectivity index (χ4v) is 3.30. The average Bonchev–Trinajstić information content (AvgIpc) is 2.86. The molecule has 0 amide bonds. The Balaban J connectivity index is 1.88. The minimum Gasteiger partial charge on any atom is -0.488 e. The van der Waals surface area contributed by atoms with Crippen molar-refractivity contribution in [3.05, 3.63) is 63.7 Å². The van der Waals surface area contributed by atoms with Gasteiger partial charge in [0, 0.05) is 11.4 Å². The summed E-state index contributed by atoms with van der Waals surface area (Å²) in [4.78, 5) is 0. The zero-order valence-electron chi connectivity index (χ0n) is 11.5. The van der Waals surface area contributed by atoms with E-state index in [0.29, 0.717) is 5.02 Å². The summed E-state index contributed by atoms with van der Waals surface area (Å²) in [5.41, 5.74) is 4.54. The second-order valence-corrected chi connectivity index (χ2v) is 6.21. The number of alkyl halides is 1. The molecule has 2 atom stereocenters. The van der Waals surface area contributed by atoms with Crippen molar-refractivity contribution in [1.82, 2.24) is 0 Å². The van der Waals surface area contributed by atoms with Crippen LogP contribution in [0, 0.1) is 13.8 Å². The smallest absolute Gasteiger partial charge is 0.123 e.